The van der Waals surface area contributed by atoms with Gasteiger partial charge in [-0.25, -0.2) is 0 Å². The predicted molar refractivity (Wildman–Crippen MR) is 80.5 cm³/mol. The maximum atomic E-state index is 13.2. The number of alkyl halides is 5. The highest BCUT2D eigenvalue weighted by atomic mass is 19.4. The van der Waals surface area contributed by atoms with Crippen molar-refractivity contribution >= 4 is 11.6 Å². The third kappa shape index (κ3) is 2.84. The Morgan fingerprint density at radius 1 is 1.07 bits per heavy atom. The number of ether oxygens (including phenoxy) is 3. The lowest BCUT2D eigenvalue weighted by molar-refractivity contribution is -0.317. The van der Waals surface area contributed by atoms with Gasteiger partial charge in [0, 0.05) is 11.8 Å². The van der Waals surface area contributed by atoms with Gasteiger partial charge in [-0.2, -0.15) is 13.2 Å². The molecule has 1 aromatic rings. The van der Waals surface area contributed by atoms with Gasteiger partial charge in [0.2, 0.25) is 0 Å². The number of benzene rings is 1. The molecular formula is C16H15F5N2O4. The molecule has 3 aliphatic heterocycles. The Hall–Kier alpha value is -2.30. The number of nitrogens with one attached hydrogen (secondary N) is 1. The lowest BCUT2D eigenvalue weighted by atomic mass is 9.70. The summed E-state index contributed by atoms with van der Waals surface area (Å²) in [7, 11) is 0. The third-order valence-corrected chi connectivity index (χ3v) is 5.35. The zero-order valence-corrected chi connectivity index (χ0v) is 13.8. The largest absolute Gasteiger partial charge is 0.586 e. The van der Waals surface area contributed by atoms with Gasteiger partial charge < -0.3 is 25.3 Å². The SMILES string of the molecule is Nc1cc2c(cc1C(=O)NC13CCC(C(F)(F)F)(CC1)OC3)OC(F)(F)O2. The summed E-state index contributed by atoms with van der Waals surface area (Å²) < 4.78 is 79.5. The first-order valence-corrected chi connectivity index (χ1v) is 8.17. The fourth-order valence-electron chi connectivity index (χ4n) is 3.74. The normalized spacial score (nSPS) is 31.0. The fraction of sp³-hybridized carbons (Fsp3) is 0.562. The molecule has 27 heavy (non-hydrogen) atoms. The molecule has 5 rings (SSSR count). The van der Waals surface area contributed by atoms with E-state index < -0.39 is 29.5 Å². The summed E-state index contributed by atoms with van der Waals surface area (Å²) in [4.78, 5) is 12.6. The molecule has 3 heterocycles. The number of hydrogen-bond acceptors (Lipinski definition) is 5. The van der Waals surface area contributed by atoms with Gasteiger partial charge in [0.05, 0.1) is 17.7 Å². The van der Waals surface area contributed by atoms with E-state index in [4.69, 9.17) is 10.5 Å². The molecule has 0 spiro atoms. The first-order chi connectivity index (χ1) is 12.4. The third-order valence-electron chi connectivity index (χ3n) is 5.35. The summed E-state index contributed by atoms with van der Waals surface area (Å²) in [6.07, 6.45) is -8.69. The molecule has 11 heteroatoms. The van der Waals surface area contributed by atoms with Crippen LogP contribution >= 0.6 is 0 Å². The number of fused-ring (bicyclic) bond motifs is 4. The Bertz CT molecular complexity index is 786. The van der Waals surface area contributed by atoms with Gasteiger partial charge in [-0.05, 0) is 31.7 Å². The summed E-state index contributed by atoms with van der Waals surface area (Å²) >= 11 is 0. The van der Waals surface area contributed by atoms with Crippen molar-refractivity contribution in [1.29, 1.82) is 0 Å². The molecule has 148 valence electrons. The zero-order chi connectivity index (χ0) is 19.7. The minimum atomic E-state index is -4.48. The van der Waals surface area contributed by atoms with E-state index in [1.165, 1.54) is 0 Å². The van der Waals surface area contributed by atoms with Gasteiger partial charge in [-0.3, -0.25) is 4.79 Å². The first-order valence-electron chi connectivity index (χ1n) is 8.17. The second-order valence-electron chi connectivity index (χ2n) is 7.07. The average Bonchev–Trinajstić information content (AvgIpc) is 2.87. The molecule has 2 saturated heterocycles. The van der Waals surface area contributed by atoms with E-state index in [1.54, 1.807) is 0 Å². The first kappa shape index (κ1) is 18.1. The van der Waals surface area contributed by atoms with Gasteiger partial charge in [-0.1, -0.05) is 0 Å². The molecule has 0 unspecified atom stereocenters. The molecule has 0 atom stereocenters. The number of nitrogen functional groups attached to an aromatic ring is 1. The zero-order valence-electron chi connectivity index (χ0n) is 13.8. The highest BCUT2D eigenvalue weighted by Gasteiger charge is 2.63. The number of carbonyl (C=O) groups excluding carboxylic acids is 1. The van der Waals surface area contributed by atoms with Crippen LogP contribution in [0.5, 0.6) is 11.5 Å². The lowest BCUT2D eigenvalue weighted by Crippen LogP contribution is -2.66. The minimum Gasteiger partial charge on any atom is -0.398 e. The molecule has 3 N–H and O–H groups in total. The second-order valence-corrected chi connectivity index (χ2v) is 7.07. The van der Waals surface area contributed by atoms with E-state index in [0.29, 0.717) is 0 Å². The van der Waals surface area contributed by atoms with E-state index in [-0.39, 0.29) is 55.0 Å². The van der Waals surface area contributed by atoms with Crippen molar-refractivity contribution in [2.75, 3.05) is 12.3 Å². The van der Waals surface area contributed by atoms with Crippen LogP contribution < -0.4 is 20.5 Å². The Morgan fingerprint density at radius 3 is 2.19 bits per heavy atom. The molecule has 4 aliphatic rings. The summed E-state index contributed by atoms with van der Waals surface area (Å²) in [5.74, 6) is -1.36. The highest BCUT2D eigenvalue weighted by molar-refractivity contribution is 6.00. The number of rotatable bonds is 2. The van der Waals surface area contributed by atoms with E-state index in [9.17, 15) is 26.7 Å². The number of carbonyl (C=O) groups is 1. The standard InChI is InChI=1S/C16H15F5N2O4/c17-15(18,19)14-3-1-13(2-4-14,7-25-14)23-12(24)8-5-10-11(6-9(8)22)27-16(20,21)26-10/h5-6H,1-4,7,22H2,(H,23,24). The molecule has 1 saturated carbocycles. The van der Waals surface area contributed by atoms with E-state index in [1.807, 2.05) is 0 Å². The van der Waals surface area contributed by atoms with Gasteiger partial charge in [-0.15, -0.1) is 8.78 Å². The molecule has 1 aliphatic carbocycles. The van der Waals surface area contributed by atoms with Gasteiger partial charge in [0.25, 0.3) is 5.91 Å². The molecule has 3 fully saturated rings. The van der Waals surface area contributed by atoms with Crippen molar-refractivity contribution in [3.8, 4) is 11.5 Å². The van der Waals surface area contributed by atoms with Crippen molar-refractivity contribution in [3.05, 3.63) is 17.7 Å². The van der Waals surface area contributed by atoms with Crippen LogP contribution in [0.4, 0.5) is 27.6 Å². The molecular weight excluding hydrogens is 379 g/mol. The predicted octanol–water partition coefficient (Wildman–Crippen LogP) is 2.96. The summed E-state index contributed by atoms with van der Waals surface area (Å²) in [6, 6.07) is 2.06. The number of nitrogens with two attached hydrogens (primary N) is 1. The van der Waals surface area contributed by atoms with Crippen LogP contribution in [0.2, 0.25) is 0 Å². The van der Waals surface area contributed by atoms with E-state index in [0.717, 1.165) is 12.1 Å². The Kier molecular flexibility index (Phi) is 3.59. The summed E-state index contributed by atoms with van der Waals surface area (Å²) in [5, 5.41) is 2.66. The van der Waals surface area contributed by atoms with Crippen molar-refractivity contribution in [3.63, 3.8) is 0 Å². The van der Waals surface area contributed by atoms with Crippen molar-refractivity contribution in [2.24, 2.45) is 0 Å². The molecule has 1 aromatic carbocycles. The number of anilines is 1. The van der Waals surface area contributed by atoms with Crippen LogP contribution in [0.25, 0.3) is 0 Å². The van der Waals surface area contributed by atoms with Crippen LogP contribution in [0.15, 0.2) is 12.1 Å². The average molecular weight is 394 g/mol. The van der Waals surface area contributed by atoms with E-state index >= 15 is 0 Å². The molecule has 1 amide bonds. The Balaban J connectivity index is 1.52. The second kappa shape index (κ2) is 5.37. The minimum absolute atomic E-state index is 0.0841. The lowest BCUT2D eigenvalue weighted by Gasteiger charge is -2.53. The van der Waals surface area contributed by atoms with Gasteiger partial charge in [0.15, 0.2) is 17.1 Å². The van der Waals surface area contributed by atoms with Crippen molar-refractivity contribution < 1.29 is 41.0 Å². The van der Waals surface area contributed by atoms with Gasteiger partial charge in [0.1, 0.15) is 0 Å². The summed E-state index contributed by atoms with van der Waals surface area (Å²) in [6.45, 7) is -0.291. The topological polar surface area (TPSA) is 82.8 Å². The van der Waals surface area contributed by atoms with E-state index in [2.05, 4.69) is 14.8 Å². The number of hydrogen-bond donors (Lipinski definition) is 2. The number of amides is 1. The Morgan fingerprint density at radius 2 is 1.67 bits per heavy atom. The monoisotopic (exact) mass is 394 g/mol. The van der Waals surface area contributed by atoms with Gasteiger partial charge >= 0.3 is 12.5 Å². The quantitative estimate of drug-likeness (QED) is 0.595. The summed E-state index contributed by atoms with van der Waals surface area (Å²) in [5.41, 5.74) is 2.35. The molecule has 0 aromatic heterocycles. The van der Waals surface area contributed by atoms with Crippen molar-refractivity contribution in [1.82, 2.24) is 5.32 Å². The van der Waals surface area contributed by atoms with Crippen LogP contribution in [0, 0.1) is 0 Å². The van der Waals surface area contributed by atoms with Crippen molar-refractivity contribution in [2.45, 2.75) is 49.3 Å². The molecule has 2 bridgehead atoms. The Labute approximate surface area is 149 Å². The highest BCUT2D eigenvalue weighted by Crippen LogP contribution is 2.51. The van der Waals surface area contributed by atoms with Crippen LogP contribution in [-0.4, -0.2) is 36.1 Å². The fourth-order valence-corrected chi connectivity index (χ4v) is 3.74. The van der Waals surface area contributed by atoms with Crippen LogP contribution in [-0.2, 0) is 4.74 Å². The maximum absolute atomic E-state index is 13.2. The molecule has 6 nitrogen and oxygen atoms in total. The smallest absolute Gasteiger partial charge is 0.398 e. The van der Waals surface area contributed by atoms with Crippen LogP contribution in [0.1, 0.15) is 36.0 Å². The van der Waals surface area contributed by atoms with Crippen LogP contribution in [0.3, 0.4) is 0 Å². The number of halogens is 5. The maximum Gasteiger partial charge on any atom is 0.586 e. The molecule has 0 radical (unpaired) electrons.